The zero-order chi connectivity index (χ0) is 18.4. The summed E-state index contributed by atoms with van der Waals surface area (Å²) in [4.78, 5) is 0. The molecule has 1 unspecified atom stereocenters. The summed E-state index contributed by atoms with van der Waals surface area (Å²) in [6, 6.07) is 5.83. The third-order valence-electron chi connectivity index (χ3n) is 7.03. The fourth-order valence-corrected chi connectivity index (χ4v) is 5.26. The molecule has 2 aliphatic rings. The van der Waals surface area contributed by atoms with Crippen LogP contribution in [0.1, 0.15) is 89.2 Å². The molecule has 0 aliphatic heterocycles. The van der Waals surface area contributed by atoms with Crippen LogP contribution < -0.4 is 0 Å². The molecule has 0 heterocycles. The Labute approximate surface area is 160 Å². The minimum atomic E-state index is -0.0265. The van der Waals surface area contributed by atoms with Crippen LogP contribution in [-0.4, -0.2) is 0 Å². The molecule has 0 nitrogen and oxygen atoms in total. The molecule has 1 fully saturated rings. The van der Waals surface area contributed by atoms with Gasteiger partial charge in [0.25, 0.3) is 0 Å². The van der Waals surface area contributed by atoms with Gasteiger partial charge < -0.3 is 0 Å². The van der Waals surface area contributed by atoms with Crippen LogP contribution in [0.15, 0.2) is 29.8 Å². The van der Waals surface area contributed by atoms with Crippen LogP contribution in [-0.2, 0) is 12.8 Å². The van der Waals surface area contributed by atoms with Gasteiger partial charge in [0.15, 0.2) is 0 Å². The van der Waals surface area contributed by atoms with E-state index in [1.165, 1.54) is 57.8 Å². The van der Waals surface area contributed by atoms with Gasteiger partial charge in [-0.15, -0.1) is 0 Å². The van der Waals surface area contributed by atoms with E-state index in [4.69, 9.17) is 0 Å². The van der Waals surface area contributed by atoms with Crippen molar-refractivity contribution in [1.29, 1.82) is 0 Å². The summed E-state index contributed by atoms with van der Waals surface area (Å²) in [7, 11) is 0. The van der Waals surface area contributed by atoms with Crippen molar-refractivity contribution in [2.24, 2.45) is 17.8 Å². The quantitative estimate of drug-likeness (QED) is 0.440. The topological polar surface area (TPSA) is 0 Å². The van der Waals surface area contributed by atoms with Gasteiger partial charge in [-0.25, -0.2) is 4.39 Å². The second kappa shape index (κ2) is 9.72. The zero-order valence-electron chi connectivity index (χ0n) is 16.9. The lowest BCUT2D eigenvalue weighted by Gasteiger charge is -2.35. The Balaban J connectivity index is 1.44. The lowest BCUT2D eigenvalue weighted by molar-refractivity contribution is 0.186. The molecule has 1 aromatic carbocycles. The standard InChI is InChI=1S/C25H37F/c1-3-5-19-8-14-23(15-9-19)24-16-10-20(11-17-24)6-7-21-12-13-22(4-2)25(26)18-21/h10,12-13,18-19,23-24H,3-9,11,14-17H2,1-2H3/t19-,23-,24?. The molecule has 0 N–H and O–H groups in total. The van der Waals surface area contributed by atoms with Crippen molar-refractivity contribution in [3.05, 3.63) is 46.8 Å². The van der Waals surface area contributed by atoms with E-state index in [-0.39, 0.29) is 5.82 Å². The minimum absolute atomic E-state index is 0.0265. The van der Waals surface area contributed by atoms with E-state index in [1.807, 2.05) is 13.0 Å². The van der Waals surface area contributed by atoms with Crippen LogP contribution in [0.2, 0.25) is 0 Å². The highest BCUT2D eigenvalue weighted by atomic mass is 19.1. The first-order chi connectivity index (χ1) is 12.7. The summed E-state index contributed by atoms with van der Waals surface area (Å²) < 4.78 is 13.9. The summed E-state index contributed by atoms with van der Waals surface area (Å²) in [5.41, 5.74) is 3.60. The highest BCUT2D eigenvalue weighted by Gasteiger charge is 2.28. The monoisotopic (exact) mass is 356 g/mol. The molecule has 1 aromatic rings. The summed E-state index contributed by atoms with van der Waals surface area (Å²) in [6.07, 6.45) is 18.1. The number of halogens is 1. The van der Waals surface area contributed by atoms with Crippen molar-refractivity contribution in [3.63, 3.8) is 0 Å². The normalized spacial score (nSPS) is 26.6. The van der Waals surface area contributed by atoms with Gasteiger partial charge >= 0.3 is 0 Å². The van der Waals surface area contributed by atoms with E-state index in [1.54, 1.807) is 11.6 Å². The fraction of sp³-hybridized carbons (Fsp3) is 0.680. The van der Waals surface area contributed by atoms with Crippen molar-refractivity contribution in [3.8, 4) is 0 Å². The van der Waals surface area contributed by atoms with Gasteiger partial charge in [-0.05, 0) is 86.3 Å². The van der Waals surface area contributed by atoms with Gasteiger partial charge in [0, 0.05) is 0 Å². The van der Waals surface area contributed by atoms with Gasteiger partial charge in [0.2, 0.25) is 0 Å². The highest BCUT2D eigenvalue weighted by Crippen LogP contribution is 2.41. The molecule has 0 spiro atoms. The Kier molecular flexibility index (Phi) is 7.34. The average molecular weight is 357 g/mol. The number of hydrogen-bond donors (Lipinski definition) is 0. The van der Waals surface area contributed by atoms with Crippen molar-refractivity contribution in [2.45, 2.75) is 90.9 Å². The molecule has 0 bridgehead atoms. The Morgan fingerprint density at radius 2 is 1.77 bits per heavy atom. The second-order valence-corrected chi connectivity index (χ2v) is 8.75. The molecule has 0 amide bonds. The van der Waals surface area contributed by atoms with Gasteiger partial charge in [-0.2, -0.15) is 0 Å². The molecular weight excluding hydrogens is 319 g/mol. The lowest BCUT2D eigenvalue weighted by Crippen LogP contribution is -2.23. The SMILES string of the molecule is CCC[C@H]1CC[C@H](C2CC=C(CCc3ccc(CC)c(F)c3)CC2)CC1. The maximum atomic E-state index is 13.9. The van der Waals surface area contributed by atoms with Crippen molar-refractivity contribution < 1.29 is 4.39 Å². The summed E-state index contributed by atoms with van der Waals surface area (Å²) in [5.74, 6) is 2.91. The van der Waals surface area contributed by atoms with Crippen LogP contribution in [0.3, 0.4) is 0 Å². The van der Waals surface area contributed by atoms with Gasteiger partial charge in [0.1, 0.15) is 5.82 Å². The first kappa shape index (κ1) is 19.6. The third kappa shape index (κ3) is 5.21. The van der Waals surface area contributed by atoms with E-state index in [0.717, 1.165) is 48.1 Å². The maximum Gasteiger partial charge on any atom is 0.126 e. The first-order valence-corrected chi connectivity index (χ1v) is 11.1. The average Bonchev–Trinajstić information content (AvgIpc) is 2.68. The molecule has 3 rings (SSSR count). The molecule has 26 heavy (non-hydrogen) atoms. The van der Waals surface area contributed by atoms with Crippen LogP contribution in [0, 0.1) is 23.6 Å². The smallest absolute Gasteiger partial charge is 0.126 e. The van der Waals surface area contributed by atoms with Gasteiger partial charge in [0.05, 0.1) is 0 Å². The Bertz CT molecular complexity index is 592. The van der Waals surface area contributed by atoms with E-state index < -0.39 is 0 Å². The van der Waals surface area contributed by atoms with Crippen LogP contribution in [0.5, 0.6) is 0 Å². The van der Waals surface area contributed by atoms with E-state index in [0.29, 0.717) is 0 Å². The van der Waals surface area contributed by atoms with Gasteiger partial charge in [-0.3, -0.25) is 0 Å². The maximum absolute atomic E-state index is 13.9. The number of hydrogen-bond acceptors (Lipinski definition) is 0. The summed E-state index contributed by atoms with van der Waals surface area (Å²) in [5, 5.41) is 0. The Hall–Kier alpha value is -1.11. The lowest BCUT2D eigenvalue weighted by atomic mass is 9.70. The number of allylic oxidation sites excluding steroid dienone is 2. The van der Waals surface area contributed by atoms with Crippen molar-refractivity contribution in [1.82, 2.24) is 0 Å². The van der Waals surface area contributed by atoms with E-state index in [9.17, 15) is 4.39 Å². The minimum Gasteiger partial charge on any atom is -0.207 e. The molecule has 1 heteroatoms. The molecule has 1 atom stereocenters. The fourth-order valence-electron chi connectivity index (χ4n) is 5.26. The van der Waals surface area contributed by atoms with Crippen LogP contribution in [0.4, 0.5) is 4.39 Å². The molecule has 0 saturated heterocycles. The molecular formula is C25H37F. The third-order valence-corrected chi connectivity index (χ3v) is 7.03. The summed E-state index contributed by atoms with van der Waals surface area (Å²) in [6.45, 7) is 4.34. The molecule has 0 radical (unpaired) electrons. The molecule has 2 aliphatic carbocycles. The van der Waals surface area contributed by atoms with Crippen molar-refractivity contribution >= 4 is 0 Å². The molecule has 1 saturated carbocycles. The first-order valence-electron chi connectivity index (χ1n) is 11.1. The Morgan fingerprint density at radius 3 is 2.38 bits per heavy atom. The van der Waals surface area contributed by atoms with Crippen LogP contribution >= 0.6 is 0 Å². The number of aryl methyl sites for hydroxylation is 2. The number of benzene rings is 1. The summed E-state index contributed by atoms with van der Waals surface area (Å²) >= 11 is 0. The van der Waals surface area contributed by atoms with E-state index >= 15 is 0 Å². The second-order valence-electron chi connectivity index (χ2n) is 8.75. The van der Waals surface area contributed by atoms with Crippen LogP contribution in [0.25, 0.3) is 0 Å². The predicted octanol–water partition coefficient (Wildman–Crippen LogP) is 7.65. The van der Waals surface area contributed by atoms with Gasteiger partial charge in [-0.1, -0.05) is 63.3 Å². The zero-order valence-corrected chi connectivity index (χ0v) is 16.9. The Morgan fingerprint density at radius 1 is 0.962 bits per heavy atom. The molecule has 144 valence electrons. The number of rotatable bonds is 7. The predicted molar refractivity (Wildman–Crippen MR) is 110 cm³/mol. The largest absolute Gasteiger partial charge is 0.207 e. The molecule has 0 aromatic heterocycles. The van der Waals surface area contributed by atoms with E-state index in [2.05, 4.69) is 19.1 Å². The van der Waals surface area contributed by atoms with Crippen molar-refractivity contribution in [2.75, 3.05) is 0 Å². The highest BCUT2D eigenvalue weighted by molar-refractivity contribution is 5.25.